The van der Waals surface area contributed by atoms with Crippen LogP contribution in [0, 0.1) is 5.92 Å². The van der Waals surface area contributed by atoms with E-state index in [1.54, 1.807) is 0 Å². The van der Waals surface area contributed by atoms with Gasteiger partial charge < -0.3 is 4.90 Å². The predicted octanol–water partition coefficient (Wildman–Crippen LogP) is 14.2. The van der Waals surface area contributed by atoms with E-state index >= 15 is 0 Å². The highest BCUT2D eigenvalue weighted by atomic mass is 15.2. The van der Waals surface area contributed by atoms with Crippen LogP contribution in [-0.4, -0.2) is 6.04 Å². The summed E-state index contributed by atoms with van der Waals surface area (Å²) in [6, 6.07) is 68.9. The first-order valence-electron chi connectivity index (χ1n) is 21.3. The predicted molar refractivity (Wildman–Crippen MR) is 247 cm³/mol. The lowest BCUT2D eigenvalue weighted by Crippen LogP contribution is -2.42. The van der Waals surface area contributed by atoms with E-state index in [4.69, 9.17) is 0 Å². The minimum atomic E-state index is -0.497. The summed E-state index contributed by atoms with van der Waals surface area (Å²) in [7, 11) is 0. The van der Waals surface area contributed by atoms with Gasteiger partial charge in [-0.3, -0.25) is 0 Å². The van der Waals surface area contributed by atoms with Gasteiger partial charge in [-0.05, 0) is 119 Å². The van der Waals surface area contributed by atoms with Gasteiger partial charge in [0, 0.05) is 22.7 Å². The van der Waals surface area contributed by atoms with Gasteiger partial charge in [-0.15, -0.1) is 0 Å². The molecule has 0 aromatic heterocycles. The third kappa shape index (κ3) is 4.73. The molecule has 0 N–H and O–H groups in total. The number of fused-ring (bicyclic) bond motifs is 10. The maximum Gasteiger partial charge on any atom is 0.0686 e. The van der Waals surface area contributed by atoms with Crippen molar-refractivity contribution in [3.05, 3.63) is 244 Å². The Morgan fingerprint density at radius 3 is 1.88 bits per heavy atom. The lowest BCUT2D eigenvalue weighted by atomic mass is 9.61. The largest absolute Gasteiger partial charge is 0.334 e. The van der Waals surface area contributed by atoms with Crippen molar-refractivity contribution in [3.8, 4) is 22.3 Å². The molecule has 8 aromatic carbocycles. The summed E-state index contributed by atoms with van der Waals surface area (Å²) < 4.78 is 0. The molecule has 4 aliphatic carbocycles. The monoisotopic (exact) mass is 755 g/mol. The average Bonchev–Trinajstić information content (AvgIpc) is 3.89. The maximum absolute atomic E-state index is 2.68. The molecule has 0 fully saturated rings. The quantitative estimate of drug-likeness (QED) is 0.169. The highest BCUT2D eigenvalue weighted by Gasteiger charge is 2.52. The zero-order valence-corrected chi connectivity index (χ0v) is 33.8. The second kappa shape index (κ2) is 12.6. The van der Waals surface area contributed by atoms with Gasteiger partial charge in [0.2, 0.25) is 0 Å². The number of hydrogen-bond acceptors (Lipinski definition) is 1. The van der Waals surface area contributed by atoms with Gasteiger partial charge >= 0.3 is 0 Å². The van der Waals surface area contributed by atoms with E-state index in [0.29, 0.717) is 0 Å². The normalized spacial score (nSPS) is 18.5. The van der Waals surface area contributed by atoms with Crippen molar-refractivity contribution in [1.82, 2.24) is 0 Å². The molecule has 282 valence electrons. The van der Waals surface area contributed by atoms with E-state index < -0.39 is 5.41 Å². The third-order valence-corrected chi connectivity index (χ3v) is 14.3. The van der Waals surface area contributed by atoms with E-state index in [-0.39, 0.29) is 17.4 Å². The summed E-state index contributed by atoms with van der Waals surface area (Å²) >= 11 is 0. The molecule has 2 atom stereocenters. The summed E-state index contributed by atoms with van der Waals surface area (Å²) in [6.07, 6.45) is 5.95. The Morgan fingerprint density at radius 2 is 1.10 bits per heavy atom. The minimum absolute atomic E-state index is 0.0351. The maximum atomic E-state index is 2.68. The molecule has 0 amide bonds. The standard InChI is InChI=1S/C58H45N/c1-37-54(33-32-50-51-29-26-38-16-10-13-23-47(38)56(51)58(55(37)50,41-18-6-4-7-19-41)42-20-8-5-9-21-42)59(43-27-30-46-40(35-43)34-39-17-11-12-22-45(39)46)44-28-31-49-48-24-14-15-25-52(48)57(2,3)53(49)36-44/h4-33,35-37,54H,34H2,1-3H3. The van der Waals surface area contributed by atoms with Crippen molar-refractivity contribution in [1.29, 1.82) is 0 Å². The summed E-state index contributed by atoms with van der Waals surface area (Å²) in [5.41, 5.74) is 21.1. The molecule has 8 aromatic rings. The van der Waals surface area contributed by atoms with Gasteiger partial charge in [0.1, 0.15) is 0 Å². The second-order valence-electron chi connectivity index (χ2n) is 17.6. The first-order chi connectivity index (χ1) is 28.9. The topological polar surface area (TPSA) is 3.24 Å². The van der Waals surface area contributed by atoms with Crippen LogP contribution >= 0.6 is 0 Å². The van der Waals surface area contributed by atoms with Crippen LogP contribution in [0.2, 0.25) is 0 Å². The Kier molecular flexibility index (Phi) is 7.36. The first kappa shape index (κ1) is 34.4. The van der Waals surface area contributed by atoms with E-state index in [0.717, 1.165) is 6.42 Å². The van der Waals surface area contributed by atoms with Crippen molar-refractivity contribution in [2.45, 2.75) is 44.1 Å². The van der Waals surface area contributed by atoms with Gasteiger partial charge in [0.15, 0.2) is 0 Å². The van der Waals surface area contributed by atoms with Gasteiger partial charge in [-0.2, -0.15) is 0 Å². The van der Waals surface area contributed by atoms with Crippen LogP contribution in [0.15, 0.2) is 200 Å². The molecule has 59 heavy (non-hydrogen) atoms. The zero-order chi connectivity index (χ0) is 39.5. The van der Waals surface area contributed by atoms with Crippen molar-refractivity contribution in [2.24, 2.45) is 5.92 Å². The summed E-state index contributed by atoms with van der Waals surface area (Å²) in [5.74, 6) is 0.130. The van der Waals surface area contributed by atoms with E-state index in [1.807, 2.05) is 0 Å². The van der Waals surface area contributed by atoms with Crippen LogP contribution in [0.25, 0.3) is 38.6 Å². The molecule has 0 saturated heterocycles. The molecule has 0 heterocycles. The van der Waals surface area contributed by atoms with Gasteiger partial charge in [-0.1, -0.05) is 191 Å². The van der Waals surface area contributed by atoms with Crippen LogP contribution in [0.4, 0.5) is 11.4 Å². The summed E-state index contributed by atoms with van der Waals surface area (Å²) in [6.45, 7) is 7.29. The van der Waals surface area contributed by atoms with E-state index in [9.17, 15) is 0 Å². The van der Waals surface area contributed by atoms with Crippen LogP contribution in [0.3, 0.4) is 0 Å². The number of nitrogens with zero attached hydrogens (tertiary/aromatic N) is 1. The fourth-order valence-corrected chi connectivity index (χ4v) is 11.7. The lowest BCUT2D eigenvalue weighted by molar-refractivity contribution is 0.523. The molecule has 1 heteroatoms. The molecular formula is C58H45N. The Hall–Kier alpha value is -6.70. The number of benzene rings is 8. The smallest absolute Gasteiger partial charge is 0.0686 e. The first-order valence-corrected chi connectivity index (χ1v) is 21.3. The Labute approximate surface area is 347 Å². The molecule has 12 rings (SSSR count). The number of rotatable bonds is 5. The Bertz CT molecular complexity index is 3030. The van der Waals surface area contributed by atoms with E-state index in [1.165, 1.54) is 100 Å². The van der Waals surface area contributed by atoms with Gasteiger partial charge in [0.25, 0.3) is 0 Å². The Balaban J connectivity index is 1.09. The zero-order valence-electron chi connectivity index (χ0n) is 33.8. The average molecular weight is 756 g/mol. The van der Waals surface area contributed by atoms with E-state index in [2.05, 4.69) is 220 Å². The van der Waals surface area contributed by atoms with Crippen LogP contribution in [0.5, 0.6) is 0 Å². The van der Waals surface area contributed by atoms with Crippen molar-refractivity contribution >= 4 is 27.7 Å². The number of hydrogen-bond donors (Lipinski definition) is 0. The second-order valence-corrected chi connectivity index (χ2v) is 17.6. The Morgan fingerprint density at radius 1 is 0.508 bits per heavy atom. The molecule has 0 radical (unpaired) electrons. The molecule has 2 unspecified atom stereocenters. The van der Waals surface area contributed by atoms with Gasteiger partial charge in [0.05, 0.1) is 11.5 Å². The van der Waals surface area contributed by atoms with Crippen molar-refractivity contribution in [2.75, 3.05) is 4.90 Å². The molecule has 0 aliphatic heterocycles. The third-order valence-electron chi connectivity index (χ3n) is 14.3. The SMILES string of the molecule is CC1C2=C(C=CC1N(c1ccc3c(c1)Cc1ccccc1-3)c1ccc3c(c1)C(C)(C)c1ccccc1-3)c1ccc3ccccc3c1C2(c1ccccc1)c1ccccc1. The molecule has 4 aliphatic rings. The molecule has 0 spiro atoms. The lowest BCUT2D eigenvalue weighted by Gasteiger charge is -2.44. The van der Waals surface area contributed by atoms with Crippen LogP contribution < -0.4 is 4.90 Å². The fraction of sp³-hybridized carbons (Fsp3) is 0.138. The van der Waals surface area contributed by atoms with Crippen molar-refractivity contribution < 1.29 is 0 Å². The number of anilines is 2. The summed E-state index contributed by atoms with van der Waals surface area (Å²) in [5, 5.41) is 2.60. The molecule has 0 bridgehead atoms. The minimum Gasteiger partial charge on any atom is -0.334 e. The van der Waals surface area contributed by atoms with Crippen LogP contribution in [-0.2, 0) is 17.3 Å². The number of allylic oxidation sites excluding steroid dienone is 2. The highest BCUT2D eigenvalue weighted by Crippen LogP contribution is 2.61. The van der Waals surface area contributed by atoms with Gasteiger partial charge in [-0.25, -0.2) is 0 Å². The summed E-state index contributed by atoms with van der Waals surface area (Å²) in [4.78, 5) is 2.68. The molecule has 1 nitrogen and oxygen atoms in total. The van der Waals surface area contributed by atoms with Crippen LogP contribution in [0.1, 0.15) is 65.3 Å². The fourth-order valence-electron chi connectivity index (χ4n) is 11.7. The molecular weight excluding hydrogens is 711 g/mol. The van der Waals surface area contributed by atoms with Crippen molar-refractivity contribution in [3.63, 3.8) is 0 Å². The molecule has 0 saturated carbocycles. The highest BCUT2D eigenvalue weighted by molar-refractivity contribution is 6.01.